The molecule has 3 heterocycles. The molecular formula is C54H36N4. The van der Waals surface area contributed by atoms with E-state index in [1.54, 1.807) is 0 Å². The molecule has 4 heteroatoms. The van der Waals surface area contributed by atoms with Crippen molar-refractivity contribution in [2.45, 2.75) is 0 Å². The number of pyridine rings is 2. The quantitative estimate of drug-likeness (QED) is 0.170. The molecule has 11 rings (SSSR count). The maximum atomic E-state index is 4.43. The van der Waals surface area contributed by atoms with Crippen LogP contribution in [-0.4, -0.2) is 19.1 Å². The van der Waals surface area contributed by atoms with E-state index >= 15 is 0 Å². The molecule has 0 unspecified atom stereocenters. The standard InChI is InChI=1S/C54H36N4/c1-3-17-45(18-4-1)57-47-25-21-38-24-28-50(42-14-8-12-40(32-42)44-16-10-30-56-36-44)54(52(38)33-47)58(46-19-5-2-6-20-46)48-26-22-37-23-27-49(53(57)51(37)34-48)41-13-7-11-39(31-41)43-15-9-29-55-35-43/h1-36H. The second kappa shape index (κ2) is 14.0. The zero-order valence-corrected chi connectivity index (χ0v) is 31.6. The SMILES string of the molecule is c1ccc(-n2c3ccc4ccc(-c5cccc(-c6cccnc6)c5)c(c4c3)n(-c3ccccc3)c3ccc4ccc(-c5cccc(-c6cccnc6)c5)c2c4c3)cc1. The van der Waals surface area contributed by atoms with Gasteiger partial charge in [-0.2, -0.15) is 0 Å². The van der Waals surface area contributed by atoms with E-state index in [1.165, 1.54) is 10.8 Å². The fraction of sp³-hybridized carbons (Fsp3) is 0. The topological polar surface area (TPSA) is 35.6 Å². The van der Waals surface area contributed by atoms with Gasteiger partial charge in [-0.1, -0.05) is 121 Å². The molecule has 0 aliphatic rings. The summed E-state index contributed by atoms with van der Waals surface area (Å²) in [5, 5.41) is 4.65. The van der Waals surface area contributed by atoms with Gasteiger partial charge in [-0.3, -0.25) is 9.97 Å². The Morgan fingerprint density at radius 3 is 1.16 bits per heavy atom. The molecule has 3 aromatic heterocycles. The summed E-state index contributed by atoms with van der Waals surface area (Å²) in [7, 11) is 0. The lowest BCUT2D eigenvalue weighted by atomic mass is 9.94. The van der Waals surface area contributed by atoms with Crippen LogP contribution in [0.25, 0.3) is 99.5 Å². The molecule has 272 valence electrons. The number of benzene rings is 8. The lowest BCUT2D eigenvalue weighted by Gasteiger charge is -2.21. The highest BCUT2D eigenvalue weighted by molar-refractivity contribution is 6.11. The Bertz CT molecular complexity index is 3090. The predicted octanol–water partition coefficient (Wildman–Crippen LogP) is 13.9. The summed E-state index contributed by atoms with van der Waals surface area (Å²) in [4.78, 5) is 8.86. The summed E-state index contributed by atoms with van der Waals surface area (Å²) >= 11 is 0. The van der Waals surface area contributed by atoms with Gasteiger partial charge in [-0.25, -0.2) is 0 Å². The molecule has 0 fully saturated rings. The van der Waals surface area contributed by atoms with Crippen molar-refractivity contribution >= 4 is 43.6 Å². The molecule has 11 aromatic rings. The van der Waals surface area contributed by atoms with Crippen LogP contribution in [0.4, 0.5) is 0 Å². The molecular weight excluding hydrogens is 705 g/mol. The van der Waals surface area contributed by atoms with Gasteiger partial charge < -0.3 is 9.13 Å². The van der Waals surface area contributed by atoms with Crippen LogP contribution >= 0.6 is 0 Å². The minimum Gasteiger partial charge on any atom is -0.309 e. The largest absolute Gasteiger partial charge is 0.309 e. The lowest BCUT2D eigenvalue weighted by molar-refractivity contribution is 1.15. The maximum Gasteiger partial charge on any atom is 0.0619 e. The van der Waals surface area contributed by atoms with Crippen molar-refractivity contribution in [2.24, 2.45) is 0 Å². The molecule has 0 aliphatic carbocycles. The summed E-state index contributed by atoms with van der Waals surface area (Å²) in [6.45, 7) is 0. The van der Waals surface area contributed by atoms with Crippen molar-refractivity contribution in [3.63, 3.8) is 0 Å². The van der Waals surface area contributed by atoms with E-state index < -0.39 is 0 Å². The zero-order valence-electron chi connectivity index (χ0n) is 31.6. The Kier molecular flexibility index (Phi) is 8.11. The van der Waals surface area contributed by atoms with Crippen molar-refractivity contribution in [2.75, 3.05) is 0 Å². The maximum absolute atomic E-state index is 4.43. The first kappa shape index (κ1) is 33.5. The molecule has 58 heavy (non-hydrogen) atoms. The van der Waals surface area contributed by atoms with Gasteiger partial charge in [-0.15, -0.1) is 0 Å². The van der Waals surface area contributed by atoms with E-state index in [4.69, 9.17) is 0 Å². The van der Waals surface area contributed by atoms with Crippen LogP contribution in [0.15, 0.2) is 219 Å². The Morgan fingerprint density at radius 1 is 0.310 bits per heavy atom. The predicted molar refractivity (Wildman–Crippen MR) is 241 cm³/mol. The van der Waals surface area contributed by atoms with E-state index in [0.717, 1.165) is 88.7 Å². The summed E-state index contributed by atoms with van der Waals surface area (Å²) < 4.78 is 4.91. The molecule has 4 bridgehead atoms. The average molecular weight is 741 g/mol. The van der Waals surface area contributed by atoms with Crippen LogP contribution < -0.4 is 0 Å². The normalized spacial score (nSPS) is 11.4. The van der Waals surface area contributed by atoms with E-state index in [-0.39, 0.29) is 0 Å². The van der Waals surface area contributed by atoms with Crippen LogP contribution in [-0.2, 0) is 0 Å². The average Bonchev–Trinajstić information content (AvgIpc) is 3.30. The first-order valence-corrected chi connectivity index (χ1v) is 19.6. The second-order valence-corrected chi connectivity index (χ2v) is 14.7. The first-order chi connectivity index (χ1) is 28.8. The summed E-state index contributed by atoms with van der Waals surface area (Å²) in [6.07, 6.45) is 7.51. The molecule has 0 aliphatic heterocycles. The first-order valence-electron chi connectivity index (χ1n) is 19.6. The number of aromatic nitrogens is 4. The monoisotopic (exact) mass is 740 g/mol. The number of nitrogens with zero attached hydrogens (tertiary/aromatic N) is 4. The van der Waals surface area contributed by atoms with Crippen molar-refractivity contribution in [3.8, 4) is 55.9 Å². The Hall–Kier alpha value is -7.82. The molecule has 4 nitrogen and oxygen atoms in total. The minimum absolute atomic E-state index is 1.08. The third-order valence-corrected chi connectivity index (χ3v) is 11.3. The van der Waals surface area contributed by atoms with Crippen LogP contribution in [0, 0.1) is 0 Å². The van der Waals surface area contributed by atoms with E-state index in [9.17, 15) is 0 Å². The van der Waals surface area contributed by atoms with Crippen molar-refractivity contribution in [1.29, 1.82) is 0 Å². The molecule has 8 aromatic carbocycles. The van der Waals surface area contributed by atoms with Gasteiger partial charge in [0.1, 0.15) is 0 Å². The van der Waals surface area contributed by atoms with E-state index in [0.29, 0.717) is 0 Å². The van der Waals surface area contributed by atoms with Crippen molar-refractivity contribution in [1.82, 2.24) is 19.1 Å². The number of para-hydroxylation sites is 2. The number of fused-ring (bicyclic) bond motifs is 2. The highest BCUT2D eigenvalue weighted by Gasteiger charge is 2.18. The van der Waals surface area contributed by atoms with Crippen LogP contribution in [0.5, 0.6) is 0 Å². The van der Waals surface area contributed by atoms with Gasteiger partial charge in [0.15, 0.2) is 0 Å². The molecule has 0 N–H and O–H groups in total. The summed E-state index contributed by atoms with van der Waals surface area (Å²) in [6, 6.07) is 70.5. The third kappa shape index (κ3) is 5.78. The van der Waals surface area contributed by atoms with Gasteiger partial charge in [0.05, 0.1) is 11.0 Å². The highest BCUT2D eigenvalue weighted by Crippen LogP contribution is 2.40. The van der Waals surface area contributed by atoms with E-state index in [1.807, 2.05) is 36.9 Å². The highest BCUT2D eigenvalue weighted by atomic mass is 15.0. The Balaban J connectivity index is 1.32. The van der Waals surface area contributed by atoms with Crippen molar-refractivity contribution in [3.05, 3.63) is 219 Å². The van der Waals surface area contributed by atoms with Gasteiger partial charge in [-0.05, 0) is 106 Å². The summed E-state index contributed by atoms with van der Waals surface area (Å²) in [5.41, 5.74) is 15.6. The van der Waals surface area contributed by atoms with Gasteiger partial charge in [0.25, 0.3) is 0 Å². The molecule has 0 amide bonds. The second-order valence-electron chi connectivity index (χ2n) is 14.7. The van der Waals surface area contributed by atoms with Crippen LogP contribution in [0.2, 0.25) is 0 Å². The van der Waals surface area contributed by atoms with E-state index in [2.05, 4.69) is 201 Å². The molecule has 0 radical (unpaired) electrons. The van der Waals surface area contributed by atoms with Gasteiger partial charge in [0.2, 0.25) is 0 Å². The zero-order chi connectivity index (χ0) is 38.4. The minimum atomic E-state index is 1.08. The number of hydrogen-bond donors (Lipinski definition) is 0. The number of rotatable bonds is 6. The third-order valence-electron chi connectivity index (χ3n) is 11.3. The lowest BCUT2D eigenvalue weighted by Crippen LogP contribution is -2.03. The van der Waals surface area contributed by atoms with Crippen LogP contribution in [0.3, 0.4) is 0 Å². The summed E-state index contributed by atoms with van der Waals surface area (Å²) in [5.74, 6) is 0. The van der Waals surface area contributed by atoms with Crippen LogP contribution in [0.1, 0.15) is 0 Å². The fourth-order valence-electron chi connectivity index (χ4n) is 8.58. The van der Waals surface area contributed by atoms with Crippen molar-refractivity contribution < 1.29 is 0 Å². The smallest absolute Gasteiger partial charge is 0.0619 e. The molecule has 0 spiro atoms. The van der Waals surface area contributed by atoms with Gasteiger partial charge >= 0.3 is 0 Å². The van der Waals surface area contributed by atoms with Gasteiger partial charge in [0, 0.05) is 80.2 Å². The molecule has 0 saturated carbocycles. The molecule has 0 atom stereocenters. The fourth-order valence-corrected chi connectivity index (χ4v) is 8.58. The Labute approximate surface area is 336 Å². The molecule has 0 saturated heterocycles. The Morgan fingerprint density at radius 2 is 0.724 bits per heavy atom. The number of hydrogen-bond acceptors (Lipinski definition) is 2.